The van der Waals surface area contributed by atoms with Gasteiger partial charge in [0.1, 0.15) is 0 Å². The van der Waals surface area contributed by atoms with Crippen LogP contribution >= 0.6 is 0 Å². The molecular weight excluding hydrogens is 214 g/mol. The Kier molecular flexibility index (Phi) is 3.82. The van der Waals surface area contributed by atoms with Gasteiger partial charge in [-0.1, -0.05) is 12.8 Å². The Balaban J connectivity index is 1.83. The number of nitrogens with one attached hydrogen (secondary N) is 1. The molecule has 0 bridgehead atoms. The lowest BCUT2D eigenvalue weighted by Crippen LogP contribution is -2.35. The number of hydrogen-bond donors (Lipinski definition) is 1. The van der Waals surface area contributed by atoms with Gasteiger partial charge < -0.3 is 9.73 Å². The van der Waals surface area contributed by atoms with E-state index in [1.165, 1.54) is 25.7 Å². The molecule has 1 saturated carbocycles. The minimum absolute atomic E-state index is 0.0834. The molecule has 0 amide bonds. The van der Waals surface area contributed by atoms with Crippen LogP contribution in [0.15, 0.2) is 4.42 Å². The Morgan fingerprint density at radius 1 is 1.18 bits per heavy atom. The fourth-order valence-electron chi connectivity index (χ4n) is 2.24. The molecule has 0 aliphatic heterocycles. The third-order valence-corrected chi connectivity index (χ3v) is 3.22. The lowest BCUT2D eigenvalue weighted by Gasteiger charge is -2.18. The van der Waals surface area contributed by atoms with Crippen LogP contribution in [0.5, 0.6) is 0 Å². The molecule has 0 aromatic carbocycles. The van der Waals surface area contributed by atoms with E-state index in [4.69, 9.17) is 4.42 Å². The van der Waals surface area contributed by atoms with E-state index < -0.39 is 0 Å². The largest absolute Gasteiger partial charge is 0.424 e. The maximum atomic E-state index is 5.66. The summed E-state index contributed by atoms with van der Waals surface area (Å²) in [4.78, 5) is 0. The van der Waals surface area contributed by atoms with Crippen molar-refractivity contribution in [1.29, 1.82) is 0 Å². The van der Waals surface area contributed by atoms with Crippen molar-refractivity contribution in [3.8, 4) is 0 Å². The van der Waals surface area contributed by atoms with E-state index in [1.807, 2.05) is 0 Å². The monoisotopic (exact) mass is 237 g/mol. The zero-order chi connectivity index (χ0) is 12.3. The molecule has 1 N–H and O–H groups in total. The van der Waals surface area contributed by atoms with Crippen molar-refractivity contribution < 1.29 is 4.42 Å². The smallest absolute Gasteiger partial charge is 0.230 e. The summed E-state index contributed by atoms with van der Waals surface area (Å²) in [5.74, 6) is 2.27. The Morgan fingerprint density at radius 3 is 2.47 bits per heavy atom. The van der Waals surface area contributed by atoms with E-state index in [9.17, 15) is 0 Å². The standard InChI is InChI=1S/C13H23N3O/c1-13(2,3)14-9-12-16-15-11(17-12)8-10-6-4-5-7-10/h10,14H,4-9H2,1-3H3. The molecule has 1 fully saturated rings. The van der Waals surface area contributed by atoms with Gasteiger partial charge in [-0.3, -0.25) is 0 Å². The molecule has 1 aromatic rings. The second kappa shape index (κ2) is 5.17. The molecule has 1 aromatic heterocycles. The Bertz CT molecular complexity index is 348. The van der Waals surface area contributed by atoms with Crippen molar-refractivity contribution in [3.63, 3.8) is 0 Å². The van der Waals surface area contributed by atoms with Gasteiger partial charge in [-0.15, -0.1) is 10.2 Å². The number of nitrogens with zero attached hydrogens (tertiary/aromatic N) is 2. The second-order valence-corrected chi connectivity index (χ2v) is 6.05. The van der Waals surface area contributed by atoms with Gasteiger partial charge in [-0.2, -0.15) is 0 Å². The Labute approximate surface area is 103 Å². The van der Waals surface area contributed by atoms with Gasteiger partial charge in [-0.25, -0.2) is 0 Å². The lowest BCUT2D eigenvalue weighted by atomic mass is 10.0. The number of rotatable bonds is 4. The quantitative estimate of drug-likeness (QED) is 0.874. The average molecular weight is 237 g/mol. The summed E-state index contributed by atoms with van der Waals surface area (Å²) in [5, 5.41) is 11.6. The summed E-state index contributed by atoms with van der Waals surface area (Å²) < 4.78 is 5.66. The highest BCUT2D eigenvalue weighted by Crippen LogP contribution is 2.27. The van der Waals surface area contributed by atoms with E-state index in [1.54, 1.807) is 0 Å². The van der Waals surface area contributed by atoms with Gasteiger partial charge in [0.2, 0.25) is 11.8 Å². The molecule has 0 radical (unpaired) electrons. The zero-order valence-electron chi connectivity index (χ0n) is 11.1. The molecule has 0 atom stereocenters. The van der Waals surface area contributed by atoms with Crippen LogP contribution < -0.4 is 5.32 Å². The maximum Gasteiger partial charge on any atom is 0.230 e. The first kappa shape index (κ1) is 12.6. The van der Waals surface area contributed by atoms with E-state index >= 15 is 0 Å². The summed E-state index contributed by atoms with van der Waals surface area (Å²) in [7, 11) is 0. The maximum absolute atomic E-state index is 5.66. The van der Waals surface area contributed by atoms with Crippen LogP contribution in [0.1, 0.15) is 58.2 Å². The van der Waals surface area contributed by atoms with Crippen LogP contribution in [-0.2, 0) is 13.0 Å². The van der Waals surface area contributed by atoms with Gasteiger partial charge in [0, 0.05) is 12.0 Å². The topological polar surface area (TPSA) is 51.0 Å². The molecule has 0 spiro atoms. The van der Waals surface area contributed by atoms with Gasteiger partial charge in [-0.05, 0) is 39.5 Å². The first-order valence-electron chi connectivity index (χ1n) is 6.59. The highest BCUT2D eigenvalue weighted by molar-refractivity contribution is 4.86. The van der Waals surface area contributed by atoms with Gasteiger partial charge in [0.15, 0.2) is 0 Å². The predicted molar refractivity (Wildman–Crippen MR) is 66.6 cm³/mol. The number of aromatic nitrogens is 2. The van der Waals surface area contributed by atoms with Gasteiger partial charge in [0.25, 0.3) is 0 Å². The second-order valence-electron chi connectivity index (χ2n) is 6.05. The summed E-state index contributed by atoms with van der Waals surface area (Å²) in [6, 6.07) is 0. The van der Waals surface area contributed by atoms with E-state index in [2.05, 4.69) is 36.3 Å². The van der Waals surface area contributed by atoms with E-state index in [0.717, 1.165) is 18.2 Å². The molecule has 2 rings (SSSR count). The van der Waals surface area contributed by atoms with Gasteiger partial charge in [0.05, 0.1) is 6.54 Å². The Morgan fingerprint density at radius 2 is 1.82 bits per heavy atom. The van der Waals surface area contributed by atoms with Crippen molar-refractivity contribution in [3.05, 3.63) is 11.8 Å². The predicted octanol–water partition coefficient (Wildman–Crippen LogP) is 2.69. The summed E-state index contributed by atoms with van der Waals surface area (Å²) in [6.07, 6.45) is 6.31. The molecule has 1 aliphatic carbocycles. The number of hydrogen-bond acceptors (Lipinski definition) is 4. The van der Waals surface area contributed by atoms with Crippen LogP contribution in [0.3, 0.4) is 0 Å². The SMILES string of the molecule is CC(C)(C)NCc1nnc(CC2CCCC2)o1. The molecule has 4 nitrogen and oxygen atoms in total. The highest BCUT2D eigenvalue weighted by Gasteiger charge is 2.19. The first-order chi connectivity index (χ1) is 8.03. The minimum atomic E-state index is 0.0834. The van der Waals surface area contributed by atoms with Crippen LogP contribution in [0, 0.1) is 5.92 Å². The van der Waals surface area contributed by atoms with Crippen molar-refractivity contribution in [2.24, 2.45) is 5.92 Å². The molecule has 17 heavy (non-hydrogen) atoms. The van der Waals surface area contributed by atoms with Gasteiger partial charge >= 0.3 is 0 Å². The molecule has 96 valence electrons. The van der Waals surface area contributed by atoms with Crippen LogP contribution in [-0.4, -0.2) is 15.7 Å². The third-order valence-electron chi connectivity index (χ3n) is 3.22. The van der Waals surface area contributed by atoms with Crippen molar-refractivity contribution in [2.45, 2.75) is 65.0 Å². The molecule has 0 saturated heterocycles. The van der Waals surface area contributed by atoms with E-state index in [0.29, 0.717) is 12.4 Å². The Hall–Kier alpha value is -0.900. The van der Waals surface area contributed by atoms with Crippen molar-refractivity contribution >= 4 is 0 Å². The molecule has 1 heterocycles. The fraction of sp³-hybridized carbons (Fsp3) is 0.846. The highest BCUT2D eigenvalue weighted by atomic mass is 16.4. The molecular formula is C13H23N3O. The average Bonchev–Trinajstić information content (AvgIpc) is 2.86. The first-order valence-corrected chi connectivity index (χ1v) is 6.59. The molecule has 1 aliphatic rings. The van der Waals surface area contributed by atoms with Crippen LogP contribution in [0.2, 0.25) is 0 Å². The lowest BCUT2D eigenvalue weighted by molar-refractivity contribution is 0.360. The third kappa shape index (κ3) is 4.11. The normalized spacial score (nSPS) is 17.8. The summed E-state index contributed by atoms with van der Waals surface area (Å²) in [5.41, 5.74) is 0.0834. The molecule has 0 unspecified atom stereocenters. The molecule has 4 heteroatoms. The summed E-state index contributed by atoms with van der Waals surface area (Å²) in [6.45, 7) is 7.04. The summed E-state index contributed by atoms with van der Waals surface area (Å²) >= 11 is 0. The fourth-order valence-corrected chi connectivity index (χ4v) is 2.24. The van der Waals surface area contributed by atoms with Crippen LogP contribution in [0.25, 0.3) is 0 Å². The van der Waals surface area contributed by atoms with Crippen molar-refractivity contribution in [1.82, 2.24) is 15.5 Å². The minimum Gasteiger partial charge on any atom is -0.424 e. The van der Waals surface area contributed by atoms with E-state index in [-0.39, 0.29) is 5.54 Å². The van der Waals surface area contributed by atoms with Crippen molar-refractivity contribution in [2.75, 3.05) is 0 Å². The zero-order valence-corrected chi connectivity index (χ0v) is 11.1. The van der Waals surface area contributed by atoms with Crippen LogP contribution in [0.4, 0.5) is 0 Å².